The second-order valence-electron chi connectivity index (χ2n) is 19.6. The summed E-state index contributed by atoms with van der Waals surface area (Å²) in [5, 5.41) is 9.80. The smallest absolute Gasteiger partial charge is 0.410 e. The third-order valence-electron chi connectivity index (χ3n) is 12.2. The molecule has 2 saturated heterocycles. The molecule has 2 aliphatic rings. The van der Waals surface area contributed by atoms with Crippen molar-refractivity contribution in [2.45, 2.75) is 59.7 Å². The highest BCUT2D eigenvalue weighted by atomic mass is 79.9. The number of ether oxygens (including phenoxy) is 3. The van der Waals surface area contributed by atoms with E-state index < -0.39 is 11.2 Å². The Kier molecular flexibility index (Phi) is 14.1. The molecule has 0 aliphatic carbocycles. The SMILES string of the molecule is CC(C)(C)OC(=O)N1CCN(c2ccc(-c3cnc4c(Br)cnn4c3)cc2)CC1.CCOC(=O)c1ccc2c(-c3cnn4cc(-c5ccc(N6CCN(C(=O)OC(C)(C)C)CC6)cc5)cnc34)ccnc2c1. The van der Waals surface area contributed by atoms with Gasteiger partial charge in [-0.15, -0.1) is 0 Å². The van der Waals surface area contributed by atoms with Crippen LogP contribution in [-0.2, 0) is 14.2 Å². The van der Waals surface area contributed by atoms with Crippen LogP contribution in [0.3, 0.4) is 0 Å². The van der Waals surface area contributed by atoms with Gasteiger partial charge in [-0.25, -0.2) is 33.4 Å². The first-order valence-electron chi connectivity index (χ1n) is 24.1. The summed E-state index contributed by atoms with van der Waals surface area (Å²) < 4.78 is 20.6. The van der Waals surface area contributed by atoms with E-state index in [0.717, 1.165) is 92.1 Å². The minimum absolute atomic E-state index is 0.236. The van der Waals surface area contributed by atoms with Crippen molar-refractivity contribution in [3.8, 4) is 33.4 Å². The van der Waals surface area contributed by atoms with Gasteiger partial charge in [0.15, 0.2) is 11.3 Å². The van der Waals surface area contributed by atoms with E-state index in [0.29, 0.717) is 43.9 Å². The number of benzene rings is 3. The highest BCUT2D eigenvalue weighted by Gasteiger charge is 2.28. The zero-order valence-electron chi connectivity index (χ0n) is 41.6. The molecule has 2 aliphatic heterocycles. The van der Waals surface area contributed by atoms with Gasteiger partial charge in [0.05, 0.1) is 34.6 Å². The Balaban J connectivity index is 0.000000192. The van der Waals surface area contributed by atoms with E-state index >= 15 is 0 Å². The molecule has 2 fully saturated rings. The van der Waals surface area contributed by atoms with Gasteiger partial charge in [-0.1, -0.05) is 30.3 Å². The van der Waals surface area contributed by atoms with Crippen molar-refractivity contribution in [3.05, 3.63) is 126 Å². The van der Waals surface area contributed by atoms with Crippen LogP contribution in [0, 0.1) is 0 Å². The molecule has 0 atom stereocenters. The van der Waals surface area contributed by atoms with Crippen molar-refractivity contribution < 1.29 is 28.6 Å². The van der Waals surface area contributed by atoms with E-state index in [2.05, 4.69) is 94.4 Å². The zero-order chi connectivity index (χ0) is 50.7. The highest BCUT2D eigenvalue weighted by molar-refractivity contribution is 9.10. The van der Waals surface area contributed by atoms with E-state index in [-0.39, 0.29) is 18.2 Å². The molecule has 10 rings (SSSR count). The third-order valence-corrected chi connectivity index (χ3v) is 12.8. The number of nitrogens with zero attached hydrogens (tertiary/aromatic N) is 11. The molecule has 0 unspecified atom stereocenters. The van der Waals surface area contributed by atoms with Gasteiger partial charge in [-0.05, 0) is 124 Å². The molecule has 72 heavy (non-hydrogen) atoms. The first-order valence-corrected chi connectivity index (χ1v) is 24.8. The zero-order valence-corrected chi connectivity index (χ0v) is 43.2. The van der Waals surface area contributed by atoms with Crippen LogP contribution in [0.5, 0.6) is 0 Å². The fourth-order valence-electron chi connectivity index (χ4n) is 8.61. The van der Waals surface area contributed by atoms with Gasteiger partial charge in [0.2, 0.25) is 0 Å². The molecule has 0 spiro atoms. The molecule has 3 aromatic carbocycles. The number of amides is 2. The first kappa shape index (κ1) is 49.4. The molecule has 2 amide bonds. The number of hydrogen-bond acceptors (Lipinski definition) is 13. The number of esters is 1. The number of halogens is 1. The molecule has 7 heterocycles. The number of carbonyl (C=O) groups excluding carboxylic acids is 3. The lowest BCUT2D eigenvalue weighted by Gasteiger charge is -2.36. The fourth-order valence-corrected chi connectivity index (χ4v) is 8.99. The quantitative estimate of drug-likeness (QED) is 0.109. The topological polar surface area (TPSA) is 165 Å². The van der Waals surface area contributed by atoms with Crippen molar-refractivity contribution in [1.29, 1.82) is 0 Å². The van der Waals surface area contributed by atoms with Crippen LogP contribution in [0.1, 0.15) is 58.8 Å². The fraction of sp³-hybridized carbons (Fsp3) is 0.333. The van der Waals surface area contributed by atoms with Gasteiger partial charge in [0.1, 0.15) is 11.2 Å². The molecule has 8 aromatic rings. The van der Waals surface area contributed by atoms with Crippen LogP contribution in [0.2, 0.25) is 0 Å². The maximum Gasteiger partial charge on any atom is 0.410 e. The second kappa shape index (κ2) is 20.6. The lowest BCUT2D eigenvalue weighted by molar-refractivity contribution is 0.0230. The van der Waals surface area contributed by atoms with Crippen LogP contribution < -0.4 is 9.80 Å². The number of fused-ring (bicyclic) bond motifs is 3. The Hall–Kier alpha value is -7.60. The average Bonchev–Trinajstić information content (AvgIpc) is 3.97. The lowest BCUT2D eigenvalue weighted by Crippen LogP contribution is -2.50. The Bertz CT molecular complexity index is 3240. The molecule has 17 nitrogen and oxygen atoms in total. The molecule has 5 aromatic heterocycles. The molecule has 0 saturated carbocycles. The van der Waals surface area contributed by atoms with E-state index in [9.17, 15) is 14.4 Å². The number of hydrogen-bond donors (Lipinski definition) is 0. The predicted molar refractivity (Wildman–Crippen MR) is 281 cm³/mol. The molecule has 0 bridgehead atoms. The summed E-state index contributed by atoms with van der Waals surface area (Å²) in [6.07, 6.45) is 12.4. The number of pyridine rings is 1. The molecule has 0 radical (unpaired) electrons. The van der Waals surface area contributed by atoms with Crippen molar-refractivity contribution in [1.82, 2.24) is 44.0 Å². The number of piperazine rings is 2. The minimum atomic E-state index is -0.496. The van der Waals surface area contributed by atoms with Crippen LogP contribution in [-0.4, -0.2) is 132 Å². The Morgan fingerprint density at radius 1 is 0.569 bits per heavy atom. The largest absolute Gasteiger partial charge is 0.462 e. The normalized spacial score (nSPS) is 14.3. The Morgan fingerprint density at radius 3 is 1.58 bits per heavy atom. The van der Waals surface area contributed by atoms with E-state index in [4.69, 9.17) is 19.2 Å². The van der Waals surface area contributed by atoms with Gasteiger partial charge in [-0.2, -0.15) is 10.2 Å². The number of carbonyl (C=O) groups is 3. The summed E-state index contributed by atoms with van der Waals surface area (Å²) in [5.74, 6) is -0.365. The summed E-state index contributed by atoms with van der Waals surface area (Å²) in [4.78, 5) is 58.7. The summed E-state index contributed by atoms with van der Waals surface area (Å²) in [5.41, 5.74) is 9.88. The van der Waals surface area contributed by atoms with Crippen molar-refractivity contribution in [2.75, 3.05) is 68.8 Å². The van der Waals surface area contributed by atoms with Crippen LogP contribution >= 0.6 is 15.9 Å². The van der Waals surface area contributed by atoms with Crippen LogP contribution in [0.4, 0.5) is 21.0 Å². The van der Waals surface area contributed by atoms with E-state index in [1.807, 2.05) is 78.5 Å². The lowest BCUT2D eigenvalue weighted by atomic mass is 10.0. The Labute approximate surface area is 426 Å². The van der Waals surface area contributed by atoms with Crippen molar-refractivity contribution in [2.24, 2.45) is 0 Å². The number of rotatable bonds is 7. The summed E-state index contributed by atoms with van der Waals surface area (Å²) in [6, 6.07) is 24.1. The van der Waals surface area contributed by atoms with Gasteiger partial charge in [0, 0.05) is 117 Å². The number of aromatic nitrogens is 7. The highest BCUT2D eigenvalue weighted by Crippen LogP contribution is 2.32. The predicted octanol–water partition coefficient (Wildman–Crippen LogP) is 10.1. The van der Waals surface area contributed by atoms with Crippen molar-refractivity contribution >= 4 is 67.7 Å². The molecular formula is C54H58BrN11O6. The standard InChI is InChI=1S/C33H34N6O4.C21H24BrN5O2/c1-5-42-31(40)23-8-11-27-26(12-13-34-29(27)18-23)28-20-36-39-21-24(19-35-30(28)39)22-6-9-25(10-7-22)37-14-16-38(17-15-37)32(41)43-33(2,3)4;1-21(2,3)29-20(28)26-10-8-25(9-11-26)17-6-4-15(5-7-17)16-12-23-19-18(22)13-24-27(19)14-16/h6-13,18-21H,5,14-17H2,1-4H3;4-7,12-14H,8-11H2,1-3H3. The van der Waals surface area contributed by atoms with Gasteiger partial charge >= 0.3 is 18.2 Å². The van der Waals surface area contributed by atoms with Crippen molar-refractivity contribution in [3.63, 3.8) is 0 Å². The van der Waals surface area contributed by atoms with Gasteiger partial charge < -0.3 is 33.8 Å². The van der Waals surface area contributed by atoms with Gasteiger partial charge in [-0.3, -0.25) is 4.98 Å². The monoisotopic (exact) mass is 1040 g/mol. The summed E-state index contributed by atoms with van der Waals surface area (Å²) in [6.45, 7) is 19.0. The summed E-state index contributed by atoms with van der Waals surface area (Å²) in [7, 11) is 0. The van der Waals surface area contributed by atoms with Gasteiger partial charge in [0.25, 0.3) is 0 Å². The average molecular weight is 1040 g/mol. The van der Waals surface area contributed by atoms with E-state index in [1.165, 1.54) is 0 Å². The number of anilines is 2. The maximum atomic E-state index is 12.4. The molecule has 18 heteroatoms. The third kappa shape index (κ3) is 11.3. The summed E-state index contributed by atoms with van der Waals surface area (Å²) >= 11 is 3.44. The second-order valence-corrected chi connectivity index (χ2v) is 20.4. The van der Waals surface area contributed by atoms with Crippen LogP contribution in [0.25, 0.3) is 55.6 Å². The molecule has 372 valence electrons. The maximum absolute atomic E-state index is 12.4. The first-order chi connectivity index (χ1) is 34.5. The molecular weight excluding hydrogens is 979 g/mol. The minimum Gasteiger partial charge on any atom is -0.462 e. The Morgan fingerprint density at radius 2 is 1.07 bits per heavy atom. The van der Waals surface area contributed by atoms with Crippen LogP contribution in [0.15, 0.2) is 121 Å². The van der Waals surface area contributed by atoms with E-state index in [1.54, 1.807) is 56.5 Å². The molecule has 0 N–H and O–H groups in total.